The topological polar surface area (TPSA) is 72.1 Å². The molecule has 10 heteroatoms. The summed E-state index contributed by atoms with van der Waals surface area (Å²) in [7, 11) is 0. The lowest BCUT2D eigenvalue weighted by molar-refractivity contribution is -0.207. The normalized spacial score (nSPS) is 18.8. The molecule has 184 valence electrons. The van der Waals surface area contributed by atoms with Gasteiger partial charge in [-0.2, -0.15) is 13.2 Å². The van der Waals surface area contributed by atoms with Crippen LogP contribution in [0.3, 0.4) is 0 Å². The molecule has 0 aliphatic heterocycles. The fraction of sp³-hybridized carbons (Fsp3) is 0.400. The van der Waals surface area contributed by atoms with E-state index in [0.29, 0.717) is 29.7 Å². The molecule has 0 atom stereocenters. The van der Waals surface area contributed by atoms with Gasteiger partial charge in [-0.3, -0.25) is 9.78 Å². The number of benzene rings is 1. The lowest BCUT2D eigenvalue weighted by Gasteiger charge is -2.59. The highest BCUT2D eigenvalue weighted by Gasteiger charge is 2.63. The Bertz CT molecular complexity index is 1290. The molecule has 1 amide bonds. The van der Waals surface area contributed by atoms with Crippen molar-refractivity contribution in [2.75, 3.05) is 5.73 Å². The van der Waals surface area contributed by atoms with Crippen molar-refractivity contribution >= 4 is 22.6 Å². The Balaban J connectivity index is 1.42. The predicted octanol–water partition coefficient (Wildman–Crippen LogP) is 5.76. The SMILES string of the molecule is Cc1cc2cc(C(=O)N(Cc3ccc(C(F)(F)F)cn3)C3CC4(C3)CC(F)(F)C4)ccc2nc1N. The highest BCUT2D eigenvalue weighted by molar-refractivity contribution is 5.98. The van der Waals surface area contributed by atoms with Gasteiger partial charge in [0.05, 0.1) is 23.3 Å². The minimum absolute atomic E-state index is 0.0227. The van der Waals surface area contributed by atoms with Gasteiger partial charge in [0.2, 0.25) is 5.92 Å². The molecule has 0 bridgehead atoms. The number of nitrogens with two attached hydrogens (primary N) is 1. The second-order valence-electron chi connectivity index (χ2n) is 9.84. The summed E-state index contributed by atoms with van der Waals surface area (Å²) in [6.07, 6.45) is -3.31. The van der Waals surface area contributed by atoms with E-state index in [0.717, 1.165) is 23.2 Å². The first-order chi connectivity index (χ1) is 16.3. The van der Waals surface area contributed by atoms with Crippen molar-refractivity contribution in [1.29, 1.82) is 0 Å². The first-order valence-electron chi connectivity index (χ1n) is 11.2. The van der Waals surface area contributed by atoms with Crippen LogP contribution >= 0.6 is 0 Å². The van der Waals surface area contributed by atoms with Crippen molar-refractivity contribution in [2.45, 2.75) is 57.3 Å². The number of hydrogen-bond donors (Lipinski definition) is 1. The van der Waals surface area contributed by atoms with Crippen molar-refractivity contribution in [3.05, 3.63) is 65.0 Å². The van der Waals surface area contributed by atoms with E-state index in [-0.39, 0.29) is 37.0 Å². The molecule has 1 aromatic carbocycles. The van der Waals surface area contributed by atoms with Gasteiger partial charge in [-0.1, -0.05) is 0 Å². The number of carbonyl (C=O) groups excluding carboxylic acids is 1. The Hall–Kier alpha value is -3.30. The summed E-state index contributed by atoms with van der Waals surface area (Å²) in [5.41, 5.74) is 6.57. The molecule has 5 rings (SSSR count). The third-order valence-corrected chi connectivity index (χ3v) is 7.08. The quantitative estimate of drug-likeness (QED) is 0.472. The second-order valence-corrected chi connectivity index (χ2v) is 9.84. The number of nitrogen functional groups attached to an aromatic ring is 1. The molecule has 2 heterocycles. The zero-order chi connectivity index (χ0) is 25.2. The number of amides is 1. The number of nitrogens with zero attached hydrogens (tertiary/aromatic N) is 3. The lowest BCUT2D eigenvalue weighted by Crippen LogP contribution is -2.60. The predicted molar refractivity (Wildman–Crippen MR) is 120 cm³/mol. The molecule has 0 saturated heterocycles. The van der Waals surface area contributed by atoms with Gasteiger partial charge in [0.25, 0.3) is 5.91 Å². The van der Waals surface area contributed by atoms with Crippen LogP contribution in [0.4, 0.5) is 27.8 Å². The smallest absolute Gasteiger partial charge is 0.383 e. The van der Waals surface area contributed by atoms with E-state index >= 15 is 0 Å². The third-order valence-electron chi connectivity index (χ3n) is 7.08. The van der Waals surface area contributed by atoms with Gasteiger partial charge in [0, 0.05) is 36.0 Å². The summed E-state index contributed by atoms with van der Waals surface area (Å²) in [6.45, 7) is 1.78. The number of rotatable bonds is 4. The van der Waals surface area contributed by atoms with Crippen LogP contribution in [0.2, 0.25) is 0 Å². The van der Waals surface area contributed by atoms with Gasteiger partial charge in [0.15, 0.2) is 0 Å². The van der Waals surface area contributed by atoms with Crippen LogP contribution in [0.1, 0.15) is 52.9 Å². The first-order valence-corrected chi connectivity index (χ1v) is 11.2. The highest BCUT2D eigenvalue weighted by atomic mass is 19.4. The minimum atomic E-state index is -4.52. The van der Waals surface area contributed by atoms with Gasteiger partial charge < -0.3 is 10.6 Å². The Morgan fingerprint density at radius 2 is 1.86 bits per heavy atom. The monoisotopic (exact) mass is 490 g/mol. The number of aryl methyl sites for hydroxylation is 1. The molecule has 35 heavy (non-hydrogen) atoms. The molecule has 1 spiro atoms. The van der Waals surface area contributed by atoms with E-state index in [1.807, 2.05) is 6.07 Å². The van der Waals surface area contributed by atoms with E-state index < -0.39 is 23.1 Å². The van der Waals surface area contributed by atoms with Crippen LogP contribution in [0.25, 0.3) is 10.9 Å². The standard InChI is InChI=1S/C25H23F5N4O/c1-14-6-16-7-15(2-5-20(16)33-21(14)31)22(35)34(19-8-23(9-19)12-24(26,27)13-23)11-18-4-3-17(10-32-18)25(28,29)30/h2-7,10,19H,8-9,11-13H2,1H3,(H2,31,33). The molecule has 2 aliphatic carbocycles. The van der Waals surface area contributed by atoms with E-state index in [1.165, 1.54) is 11.0 Å². The van der Waals surface area contributed by atoms with Gasteiger partial charge in [-0.15, -0.1) is 0 Å². The highest BCUT2D eigenvalue weighted by Crippen LogP contribution is 2.63. The Morgan fingerprint density at radius 1 is 1.14 bits per heavy atom. The van der Waals surface area contributed by atoms with Crippen molar-refractivity contribution in [3.8, 4) is 0 Å². The summed E-state index contributed by atoms with van der Waals surface area (Å²) in [5, 5.41) is 0.721. The van der Waals surface area contributed by atoms with Crippen LogP contribution in [-0.2, 0) is 12.7 Å². The fourth-order valence-corrected chi connectivity index (χ4v) is 5.32. The zero-order valence-corrected chi connectivity index (χ0v) is 18.9. The molecule has 2 N–H and O–H groups in total. The van der Waals surface area contributed by atoms with Crippen molar-refractivity contribution in [2.24, 2.45) is 5.41 Å². The van der Waals surface area contributed by atoms with E-state index in [4.69, 9.17) is 5.73 Å². The van der Waals surface area contributed by atoms with Crippen LogP contribution in [-0.4, -0.2) is 32.7 Å². The number of carbonyl (C=O) groups is 1. The minimum Gasteiger partial charge on any atom is -0.383 e. The lowest BCUT2D eigenvalue weighted by atomic mass is 9.52. The van der Waals surface area contributed by atoms with Gasteiger partial charge in [0.1, 0.15) is 5.82 Å². The van der Waals surface area contributed by atoms with Crippen molar-refractivity contribution < 1.29 is 26.7 Å². The summed E-state index contributed by atoms with van der Waals surface area (Å²) in [5.74, 6) is -2.61. The average molecular weight is 490 g/mol. The zero-order valence-electron chi connectivity index (χ0n) is 18.9. The maximum Gasteiger partial charge on any atom is 0.417 e. The Morgan fingerprint density at radius 3 is 2.46 bits per heavy atom. The number of halogens is 5. The summed E-state index contributed by atoms with van der Waals surface area (Å²) >= 11 is 0. The Kier molecular flexibility index (Phi) is 5.26. The average Bonchev–Trinajstić information content (AvgIpc) is 2.74. The number of alkyl halides is 5. The number of fused-ring (bicyclic) bond motifs is 1. The van der Waals surface area contributed by atoms with Crippen molar-refractivity contribution in [3.63, 3.8) is 0 Å². The fourth-order valence-electron chi connectivity index (χ4n) is 5.32. The molecule has 2 aliphatic rings. The van der Waals surface area contributed by atoms with Gasteiger partial charge in [-0.25, -0.2) is 13.8 Å². The van der Waals surface area contributed by atoms with Gasteiger partial charge in [-0.05, 0) is 67.1 Å². The number of hydrogen-bond acceptors (Lipinski definition) is 4. The summed E-state index contributed by atoms with van der Waals surface area (Å²) in [6, 6.07) is 8.68. The molecular weight excluding hydrogens is 467 g/mol. The molecule has 2 saturated carbocycles. The second kappa shape index (κ2) is 7.86. The van der Waals surface area contributed by atoms with E-state index in [1.54, 1.807) is 25.1 Å². The molecule has 0 unspecified atom stereocenters. The molecular formula is C25H23F5N4O. The van der Waals surface area contributed by atoms with Gasteiger partial charge >= 0.3 is 6.18 Å². The van der Waals surface area contributed by atoms with Crippen LogP contribution in [0.15, 0.2) is 42.6 Å². The van der Waals surface area contributed by atoms with Crippen LogP contribution in [0.5, 0.6) is 0 Å². The van der Waals surface area contributed by atoms with Crippen LogP contribution in [0, 0.1) is 12.3 Å². The van der Waals surface area contributed by atoms with E-state index in [2.05, 4.69) is 9.97 Å². The Labute approximate surface area is 198 Å². The largest absolute Gasteiger partial charge is 0.417 e. The summed E-state index contributed by atoms with van der Waals surface area (Å²) < 4.78 is 65.8. The van der Waals surface area contributed by atoms with Crippen LogP contribution < -0.4 is 5.73 Å². The van der Waals surface area contributed by atoms with Crippen molar-refractivity contribution in [1.82, 2.24) is 14.9 Å². The number of anilines is 1. The maximum atomic E-state index is 13.6. The number of pyridine rings is 2. The molecule has 5 nitrogen and oxygen atoms in total. The molecule has 3 aromatic rings. The van der Waals surface area contributed by atoms with E-state index in [9.17, 15) is 26.7 Å². The number of aromatic nitrogens is 2. The summed E-state index contributed by atoms with van der Waals surface area (Å²) in [4.78, 5) is 23.3. The first kappa shape index (κ1) is 23.4. The molecule has 2 fully saturated rings. The molecule has 2 aromatic heterocycles. The maximum absolute atomic E-state index is 13.6. The molecule has 0 radical (unpaired) electrons. The third kappa shape index (κ3) is 4.41.